The Labute approximate surface area is 150 Å². The standard InChI is InChI=1S/C20H29N3O2/c1-13(2)19-23-22-17(25-19)12-11-16(24)21-18(20(4,5)6)15-10-8-7-9-14(15)3/h7-10,13,18H,11-12H2,1-6H3,(H,21,24)/t18-/m1/s1. The SMILES string of the molecule is Cc1ccccc1[C@@H](NC(=O)CCc1nnc(C(C)C)o1)C(C)(C)C. The number of hydrogen-bond donors (Lipinski definition) is 1. The molecule has 136 valence electrons. The Balaban J connectivity index is 2.03. The third kappa shape index (κ3) is 5.15. The molecule has 1 aromatic heterocycles. The lowest BCUT2D eigenvalue weighted by Crippen LogP contribution is -2.37. The second-order valence-corrected chi connectivity index (χ2v) is 7.91. The van der Waals surface area contributed by atoms with Crippen LogP contribution in [0.2, 0.25) is 0 Å². The summed E-state index contributed by atoms with van der Waals surface area (Å²) in [5.41, 5.74) is 2.25. The normalized spacial score (nSPS) is 13.1. The van der Waals surface area contributed by atoms with Gasteiger partial charge in [-0.2, -0.15) is 0 Å². The zero-order valence-corrected chi connectivity index (χ0v) is 16.1. The molecule has 0 saturated carbocycles. The van der Waals surface area contributed by atoms with Crippen molar-refractivity contribution in [2.24, 2.45) is 5.41 Å². The molecule has 0 aliphatic carbocycles. The molecule has 1 N–H and O–H groups in total. The van der Waals surface area contributed by atoms with E-state index in [4.69, 9.17) is 4.42 Å². The van der Waals surface area contributed by atoms with Gasteiger partial charge in [0.05, 0.1) is 6.04 Å². The van der Waals surface area contributed by atoms with E-state index in [0.717, 1.165) is 5.56 Å². The summed E-state index contributed by atoms with van der Waals surface area (Å²) in [6.45, 7) is 12.5. The predicted octanol–water partition coefficient (Wildman–Crippen LogP) is 4.34. The van der Waals surface area contributed by atoms with E-state index < -0.39 is 0 Å². The van der Waals surface area contributed by atoms with Crippen molar-refractivity contribution >= 4 is 5.91 Å². The number of benzene rings is 1. The van der Waals surface area contributed by atoms with Crippen LogP contribution in [0, 0.1) is 12.3 Å². The molecule has 25 heavy (non-hydrogen) atoms. The Hall–Kier alpha value is -2.17. The molecule has 0 bridgehead atoms. The number of aryl methyl sites for hydroxylation is 2. The zero-order chi connectivity index (χ0) is 18.6. The molecule has 0 spiro atoms. The van der Waals surface area contributed by atoms with E-state index in [2.05, 4.69) is 55.3 Å². The van der Waals surface area contributed by atoms with Gasteiger partial charge in [-0.05, 0) is 23.5 Å². The summed E-state index contributed by atoms with van der Waals surface area (Å²) in [4.78, 5) is 12.5. The lowest BCUT2D eigenvalue weighted by Gasteiger charge is -2.33. The maximum atomic E-state index is 12.5. The molecule has 1 heterocycles. The van der Waals surface area contributed by atoms with Crippen molar-refractivity contribution in [3.05, 3.63) is 47.2 Å². The monoisotopic (exact) mass is 343 g/mol. The van der Waals surface area contributed by atoms with Crippen molar-refractivity contribution in [2.75, 3.05) is 0 Å². The molecule has 0 aliphatic heterocycles. The smallest absolute Gasteiger partial charge is 0.221 e. The van der Waals surface area contributed by atoms with Crippen LogP contribution in [0.15, 0.2) is 28.7 Å². The van der Waals surface area contributed by atoms with Crippen molar-refractivity contribution in [2.45, 2.75) is 66.3 Å². The molecule has 2 aromatic rings. The molecule has 1 aromatic carbocycles. The number of rotatable bonds is 6. The fourth-order valence-electron chi connectivity index (χ4n) is 2.73. The number of amides is 1. The molecule has 0 fully saturated rings. The summed E-state index contributed by atoms with van der Waals surface area (Å²) in [5, 5.41) is 11.2. The fourth-order valence-corrected chi connectivity index (χ4v) is 2.73. The molecule has 0 saturated heterocycles. The van der Waals surface area contributed by atoms with E-state index in [1.54, 1.807) is 0 Å². The van der Waals surface area contributed by atoms with Crippen LogP contribution < -0.4 is 5.32 Å². The summed E-state index contributed by atoms with van der Waals surface area (Å²) >= 11 is 0. The molecule has 1 atom stereocenters. The Kier molecular flexibility index (Phi) is 5.98. The number of carbonyl (C=O) groups excluding carboxylic acids is 1. The van der Waals surface area contributed by atoms with Gasteiger partial charge in [-0.15, -0.1) is 10.2 Å². The minimum absolute atomic E-state index is 0.00697. The Bertz CT molecular complexity index is 714. The molecule has 0 aliphatic rings. The first-order chi connectivity index (χ1) is 11.7. The molecule has 5 nitrogen and oxygen atoms in total. The average molecular weight is 343 g/mol. The largest absolute Gasteiger partial charge is 0.425 e. The van der Waals surface area contributed by atoms with Gasteiger partial charge in [-0.3, -0.25) is 4.79 Å². The molecule has 1 amide bonds. The summed E-state index contributed by atoms with van der Waals surface area (Å²) < 4.78 is 5.57. The van der Waals surface area contributed by atoms with Crippen molar-refractivity contribution in [3.63, 3.8) is 0 Å². The van der Waals surface area contributed by atoms with Gasteiger partial charge >= 0.3 is 0 Å². The third-order valence-corrected chi connectivity index (χ3v) is 4.21. The fraction of sp³-hybridized carbons (Fsp3) is 0.550. The molecular weight excluding hydrogens is 314 g/mol. The van der Waals surface area contributed by atoms with E-state index in [9.17, 15) is 4.79 Å². The maximum absolute atomic E-state index is 12.5. The van der Waals surface area contributed by atoms with Gasteiger partial charge in [0.15, 0.2) is 0 Å². The second-order valence-electron chi connectivity index (χ2n) is 7.91. The third-order valence-electron chi connectivity index (χ3n) is 4.21. The van der Waals surface area contributed by atoms with Crippen molar-refractivity contribution in [1.29, 1.82) is 0 Å². The molecular formula is C20H29N3O2. The summed E-state index contributed by atoms with van der Waals surface area (Å²) in [6, 6.07) is 8.14. The summed E-state index contributed by atoms with van der Waals surface area (Å²) in [6.07, 6.45) is 0.786. The van der Waals surface area contributed by atoms with Gasteiger partial charge in [0.1, 0.15) is 0 Å². The average Bonchev–Trinajstić information content (AvgIpc) is 3.00. The van der Waals surface area contributed by atoms with Crippen LogP contribution in [0.5, 0.6) is 0 Å². The highest BCUT2D eigenvalue weighted by atomic mass is 16.4. The highest BCUT2D eigenvalue weighted by Crippen LogP contribution is 2.34. The predicted molar refractivity (Wildman–Crippen MR) is 98.2 cm³/mol. The number of hydrogen-bond acceptors (Lipinski definition) is 4. The molecule has 2 rings (SSSR count). The number of aromatic nitrogens is 2. The second kappa shape index (κ2) is 7.81. The highest BCUT2D eigenvalue weighted by molar-refractivity contribution is 5.76. The van der Waals surface area contributed by atoms with E-state index >= 15 is 0 Å². The van der Waals surface area contributed by atoms with Crippen LogP contribution in [0.1, 0.15) is 75.9 Å². The molecule has 0 radical (unpaired) electrons. The molecule has 5 heteroatoms. The van der Waals surface area contributed by atoms with Gasteiger partial charge in [0, 0.05) is 18.8 Å². The minimum atomic E-state index is -0.0862. The van der Waals surface area contributed by atoms with Crippen LogP contribution in [0.25, 0.3) is 0 Å². The van der Waals surface area contributed by atoms with Gasteiger partial charge in [0.25, 0.3) is 0 Å². The van der Waals surface area contributed by atoms with E-state index in [1.165, 1.54) is 5.56 Å². The maximum Gasteiger partial charge on any atom is 0.221 e. The topological polar surface area (TPSA) is 68.0 Å². The van der Waals surface area contributed by atoms with Gasteiger partial charge in [-0.25, -0.2) is 0 Å². The molecule has 0 unspecified atom stereocenters. The Morgan fingerprint density at radius 2 is 1.88 bits per heavy atom. The van der Waals surface area contributed by atoms with Crippen LogP contribution in [0.3, 0.4) is 0 Å². The minimum Gasteiger partial charge on any atom is -0.425 e. The summed E-state index contributed by atoms with van der Waals surface area (Å²) in [7, 11) is 0. The quantitative estimate of drug-likeness (QED) is 0.847. The lowest BCUT2D eigenvalue weighted by molar-refractivity contribution is -0.122. The van der Waals surface area contributed by atoms with Crippen molar-refractivity contribution in [3.8, 4) is 0 Å². The first kappa shape index (κ1) is 19.2. The zero-order valence-electron chi connectivity index (χ0n) is 16.1. The Morgan fingerprint density at radius 3 is 2.44 bits per heavy atom. The van der Waals surface area contributed by atoms with Crippen LogP contribution in [-0.2, 0) is 11.2 Å². The lowest BCUT2D eigenvalue weighted by atomic mass is 9.80. The van der Waals surface area contributed by atoms with E-state index in [0.29, 0.717) is 24.6 Å². The van der Waals surface area contributed by atoms with Crippen LogP contribution in [0.4, 0.5) is 0 Å². The first-order valence-corrected chi connectivity index (χ1v) is 8.85. The number of nitrogens with one attached hydrogen (secondary N) is 1. The highest BCUT2D eigenvalue weighted by Gasteiger charge is 2.28. The first-order valence-electron chi connectivity index (χ1n) is 8.85. The number of carbonyl (C=O) groups is 1. The van der Waals surface area contributed by atoms with Crippen LogP contribution >= 0.6 is 0 Å². The van der Waals surface area contributed by atoms with Crippen LogP contribution in [-0.4, -0.2) is 16.1 Å². The van der Waals surface area contributed by atoms with Crippen molar-refractivity contribution < 1.29 is 9.21 Å². The number of nitrogens with zero attached hydrogens (tertiary/aromatic N) is 2. The van der Waals surface area contributed by atoms with E-state index in [1.807, 2.05) is 26.0 Å². The van der Waals surface area contributed by atoms with Crippen molar-refractivity contribution in [1.82, 2.24) is 15.5 Å². The van der Waals surface area contributed by atoms with E-state index in [-0.39, 0.29) is 23.3 Å². The van der Waals surface area contributed by atoms with Gasteiger partial charge in [0.2, 0.25) is 17.7 Å². The van der Waals surface area contributed by atoms with Gasteiger partial charge < -0.3 is 9.73 Å². The Morgan fingerprint density at radius 1 is 1.20 bits per heavy atom. The summed E-state index contributed by atoms with van der Waals surface area (Å²) in [5.74, 6) is 1.32. The van der Waals surface area contributed by atoms with Gasteiger partial charge in [-0.1, -0.05) is 58.9 Å².